The molecule has 0 bridgehead atoms. The molecule has 1 fully saturated rings. The lowest BCUT2D eigenvalue weighted by molar-refractivity contribution is -0.116. The van der Waals surface area contributed by atoms with Gasteiger partial charge in [0.15, 0.2) is 0 Å². The number of amides is 1. The summed E-state index contributed by atoms with van der Waals surface area (Å²) in [6.45, 7) is 0.557. The van der Waals surface area contributed by atoms with E-state index >= 15 is 0 Å². The maximum atomic E-state index is 12.7. The summed E-state index contributed by atoms with van der Waals surface area (Å²) in [7, 11) is -3.69. The molecule has 1 aliphatic rings. The lowest BCUT2D eigenvalue weighted by atomic mass is 10.2. The highest BCUT2D eigenvalue weighted by molar-refractivity contribution is 7.89. The molecule has 1 aromatic carbocycles. The molecule has 3 aromatic rings. The third-order valence-electron chi connectivity index (χ3n) is 4.77. The van der Waals surface area contributed by atoms with Crippen molar-refractivity contribution in [3.63, 3.8) is 0 Å². The number of sulfonamides is 1. The third-order valence-corrected chi connectivity index (χ3v) is 6.66. The molecule has 3 N–H and O–H groups in total. The number of fused-ring (bicyclic) bond motifs is 1. The molecule has 152 valence electrons. The minimum absolute atomic E-state index is 0.0156. The standard InChI is InChI=1S/C18H19N5O5S/c24-16(19-12-3-5-14-15(9-12)21-18(26)20-14)11-22-10-13(4-6-17(22)25)29(27,28)23-7-1-2-8-23/h3-6,9-10H,1-2,7-8,11H2,(H,19,24)(H2,20,21,26). The van der Waals surface area contributed by atoms with Crippen LogP contribution in [0.25, 0.3) is 11.0 Å². The van der Waals surface area contributed by atoms with E-state index in [9.17, 15) is 22.8 Å². The fourth-order valence-electron chi connectivity index (χ4n) is 3.33. The molecule has 0 unspecified atom stereocenters. The van der Waals surface area contributed by atoms with E-state index in [4.69, 9.17) is 0 Å². The molecule has 0 atom stereocenters. The number of H-pyrrole nitrogens is 2. The first-order chi connectivity index (χ1) is 13.8. The highest BCUT2D eigenvalue weighted by atomic mass is 32.2. The predicted molar refractivity (Wildman–Crippen MR) is 106 cm³/mol. The second-order valence-electron chi connectivity index (χ2n) is 6.83. The van der Waals surface area contributed by atoms with Crippen molar-refractivity contribution in [3.05, 3.63) is 57.4 Å². The number of benzene rings is 1. The average Bonchev–Trinajstić information content (AvgIpc) is 3.32. The predicted octanol–water partition coefficient (Wildman–Crippen LogP) is 0.441. The summed E-state index contributed by atoms with van der Waals surface area (Å²) in [5.74, 6) is -0.500. The van der Waals surface area contributed by atoms with Gasteiger partial charge in [0.2, 0.25) is 15.9 Å². The van der Waals surface area contributed by atoms with Crippen molar-refractivity contribution in [1.29, 1.82) is 0 Å². The third kappa shape index (κ3) is 3.87. The van der Waals surface area contributed by atoms with Crippen molar-refractivity contribution in [2.75, 3.05) is 18.4 Å². The van der Waals surface area contributed by atoms with Crippen molar-refractivity contribution in [2.24, 2.45) is 0 Å². The van der Waals surface area contributed by atoms with E-state index in [2.05, 4.69) is 15.3 Å². The number of hydrogen-bond acceptors (Lipinski definition) is 5. The molecule has 3 heterocycles. The lowest BCUT2D eigenvalue weighted by Crippen LogP contribution is -2.31. The van der Waals surface area contributed by atoms with Crippen LogP contribution in [0.15, 0.2) is 51.0 Å². The second kappa shape index (κ2) is 7.33. The summed E-state index contributed by atoms with van der Waals surface area (Å²) in [5, 5.41) is 2.64. The fourth-order valence-corrected chi connectivity index (χ4v) is 4.87. The Morgan fingerprint density at radius 2 is 1.76 bits per heavy atom. The molecule has 29 heavy (non-hydrogen) atoms. The van der Waals surface area contributed by atoms with Crippen molar-refractivity contribution in [2.45, 2.75) is 24.3 Å². The summed E-state index contributed by atoms with van der Waals surface area (Å²) in [5.41, 5.74) is 0.733. The van der Waals surface area contributed by atoms with Gasteiger partial charge in [-0.25, -0.2) is 13.2 Å². The normalized spacial score (nSPS) is 15.0. The smallest absolute Gasteiger partial charge is 0.323 e. The summed E-state index contributed by atoms with van der Waals surface area (Å²) in [6.07, 6.45) is 2.80. The molecular weight excluding hydrogens is 398 g/mol. The van der Waals surface area contributed by atoms with Gasteiger partial charge >= 0.3 is 5.69 Å². The average molecular weight is 417 g/mol. The van der Waals surface area contributed by atoms with E-state index in [-0.39, 0.29) is 17.1 Å². The van der Waals surface area contributed by atoms with Crippen LogP contribution in [-0.2, 0) is 21.4 Å². The highest BCUT2D eigenvalue weighted by Gasteiger charge is 2.27. The first-order valence-corrected chi connectivity index (χ1v) is 10.5. The van der Waals surface area contributed by atoms with Gasteiger partial charge in [-0.3, -0.25) is 9.59 Å². The molecule has 0 aliphatic carbocycles. The quantitative estimate of drug-likeness (QED) is 0.553. The van der Waals surface area contributed by atoms with Crippen LogP contribution < -0.4 is 16.6 Å². The minimum Gasteiger partial charge on any atom is -0.324 e. The number of hydrogen-bond donors (Lipinski definition) is 3. The largest absolute Gasteiger partial charge is 0.324 e. The molecule has 1 amide bonds. The Labute approximate surface area is 165 Å². The van der Waals surface area contributed by atoms with Crippen molar-refractivity contribution >= 4 is 32.7 Å². The summed E-state index contributed by atoms with van der Waals surface area (Å²) in [6, 6.07) is 7.24. The Hall–Kier alpha value is -3.18. The van der Waals surface area contributed by atoms with Crippen LogP contribution in [0.4, 0.5) is 5.69 Å². The SMILES string of the molecule is O=C(Cn1cc(S(=O)(=O)N2CCCC2)ccc1=O)Nc1ccc2[nH]c(=O)[nH]c2c1. The van der Waals surface area contributed by atoms with E-state index in [0.29, 0.717) is 29.8 Å². The highest BCUT2D eigenvalue weighted by Crippen LogP contribution is 2.20. The number of nitrogens with one attached hydrogen (secondary N) is 3. The fraction of sp³-hybridized carbons (Fsp3) is 0.278. The molecule has 1 saturated heterocycles. The zero-order valence-electron chi connectivity index (χ0n) is 15.3. The Balaban J connectivity index is 1.54. The molecule has 0 saturated carbocycles. The monoisotopic (exact) mass is 417 g/mol. The van der Waals surface area contributed by atoms with Crippen molar-refractivity contribution in [1.82, 2.24) is 18.8 Å². The van der Waals surface area contributed by atoms with Crippen LogP contribution in [0.1, 0.15) is 12.8 Å². The number of carbonyl (C=O) groups is 1. The topological polar surface area (TPSA) is 137 Å². The van der Waals surface area contributed by atoms with Crippen LogP contribution in [0.3, 0.4) is 0 Å². The van der Waals surface area contributed by atoms with Gasteiger partial charge in [-0.2, -0.15) is 4.31 Å². The summed E-state index contributed by atoms with van der Waals surface area (Å²) >= 11 is 0. The van der Waals surface area contributed by atoms with Crippen LogP contribution in [0.2, 0.25) is 0 Å². The Kier molecular flexibility index (Phi) is 4.84. The van der Waals surface area contributed by atoms with Gasteiger partial charge in [-0.15, -0.1) is 0 Å². The maximum absolute atomic E-state index is 12.7. The maximum Gasteiger partial charge on any atom is 0.323 e. The Bertz CT molecular complexity index is 1300. The summed E-state index contributed by atoms with van der Waals surface area (Å²) in [4.78, 5) is 41.0. The number of imidazole rings is 1. The van der Waals surface area contributed by atoms with Crippen LogP contribution >= 0.6 is 0 Å². The summed E-state index contributed by atoms with van der Waals surface area (Å²) < 4.78 is 27.8. The molecular formula is C18H19N5O5S. The molecule has 2 aromatic heterocycles. The second-order valence-corrected chi connectivity index (χ2v) is 8.77. The van der Waals surface area contributed by atoms with E-state index in [1.54, 1.807) is 18.2 Å². The van der Waals surface area contributed by atoms with Crippen LogP contribution in [0, 0.1) is 0 Å². The lowest BCUT2D eigenvalue weighted by Gasteiger charge is -2.16. The van der Waals surface area contributed by atoms with E-state index in [1.165, 1.54) is 16.6 Å². The van der Waals surface area contributed by atoms with Crippen molar-refractivity contribution < 1.29 is 13.2 Å². The zero-order chi connectivity index (χ0) is 20.6. The number of pyridine rings is 1. The molecule has 1 aliphatic heterocycles. The van der Waals surface area contributed by atoms with Gasteiger partial charge in [0, 0.05) is 31.0 Å². The molecule has 4 rings (SSSR count). The van der Waals surface area contributed by atoms with Crippen LogP contribution in [0.5, 0.6) is 0 Å². The molecule has 0 spiro atoms. The Morgan fingerprint density at radius 3 is 2.52 bits per heavy atom. The number of aromatic nitrogens is 3. The number of carbonyl (C=O) groups excluding carboxylic acids is 1. The van der Waals surface area contributed by atoms with Gasteiger partial charge in [0.1, 0.15) is 6.54 Å². The zero-order valence-corrected chi connectivity index (χ0v) is 16.2. The number of aromatic amines is 2. The van der Waals surface area contributed by atoms with Gasteiger partial charge in [0.05, 0.1) is 15.9 Å². The molecule has 0 radical (unpaired) electrons. The number of nitrogens with zero attached hydrogens (tertiary/aromatic N) is 2. The number of anilines is 1. The Morgan fingerprint density at radius 1 is 1.03 bits per heavy atom. The van der Waals surface area contributed by atoms with E-state index < -0.39 is 21.5 Å². The van der Waals surface area contributed by atoms with E-state index in [1.807, 2.05) is 0 Å². The van der Waals surface area contributed by atoms with Gasteiger partial charge in [-0.1, -0.05) is 0 Å². The van der Waals surface area contributed by atoms with Crippen LogP contribution in [-0.4, -0.2) is 46.3 Å². The molecule has 10 nitrogen and oxygen atoms in total. The first kappa shape index (κ1) is 19.2. The van der Waals surface area contributed by atoms with Gasteiger partial charge in [-0.05, 0) is 37.1 Å². The number of rotatable bonds is 5. The first-order valence-electron chi connectivity index (χ1n) is 9.05. The molecule has 11 heteroatoms. The van der Waals surface area contributed by atoms with Gasteiger partial charge in [0.25, 0.3) is 5.56 Å². The van der Waals surface area contributed by atoms with E-state index in [0.717, 1.165) is 23.5 Å². The van der Waals surface area contributed by atoms with Crippen molar-refractivity contribution in [3.8, 4) is 0 Å². The van der Waals surface area contributed by atoms with Gasteiger partial charge < -0.3 is 19.9 Å². The minimum atomic E-state index is -3.69.